The predicted molar refractivity (Wildman–Crippen MR) is 80.9 cm³/mol. The molecule has 0 aliphatic heterocycles. The standard InChI is InChI=1S/C14H18N2OS2/c1-15-19(17)14-16-13-11(8-5-9-12(13)18-14)10-6-3-2-4-7-10/h5,8-10,15H,2-4,6-7H2,1H3. The summed E-state index contributed by atoms with van der Waals surface area (Å²) in [7, 11) is 0.520. The summed E-state index contributed by atoms with van der Waals surface area (Å²) in [5.41, 5.74) is 2.42. The van der Waals surface area contributed by atoms with Gasteiger partial charge in [0.15, 0.2) is 15.3 Å². The average molecular weight is 294 g/mol. The average Bonchev–Trinajstić information content (AvgIpc) is 2.91. The van der Waals surface area contributed by atoms with E-state index in [-0.39, 0.29) is 0 Å². The zero-order valence-electron chi connectivity index (χ0n) is 11.0. The Bertz CT molecular complexity index is 603. The molecule has 1 N–H and O–H groups in total. The summed E-state index contributed by atoms with van der Waals surface area (Å²) in [6.07, 6.45) is 6.53. The van der Waals surface area contributed by atoms with E-state index >= 15 is 0 Å². The van der Waals surface area contributed by atoms with Gasteiger partial charge in [0.2, 0.25) is 0 Å². The molecule has 0 radical (unpaired) electrons. The van der Waals surface area contributed by atoms with E-state index in [9.17, 15) is 4.21 Å². The van der Waals surface area contributed by atoms with Crippen LogP contribution in [0.2, 0.25) is 0 Å². The third kappa shape index (κ3) is 2.59. The molecule has 102 valence electrons. The highest BCUT2D eigenvalue weighted by Gasteiger charge is 2.20. The molecular formula is C14H18N2OS2. The maximum absolute atomic E-state index is 11.8. The van der Waals surface area contributed by atoms with Crippen molar-refractivity contribution in [3.8, 4) is 0 Å². The highest BCUT2D eigenvalue weighted by molar-refractivity contribution is 7.85. The summed E-state index contributed by atoms with van der Waals surface area (Å²) in [5.74, 6) is 0.635. The maximum atomic E-state index is 11.8. The quantitative estimate of drug-likeness (QED) is 0.940. The van der Waals surface area contributed by atoms with Gasteiger partial charge in [-0.3, -0.25) is 0 Å². The van der Waals surface area contributed by atoms with Crippen molar-refractivity contribution in [2.24, 2.45) is 0 Å². The molecular weight excluding hydrogens is 276 g/mol. The normalized spacial score (nSPS) is 18.8. The molecule has 1 atom stereocenters. The molecule has 3 rings (SSSR count). The topological polar surface area (TPSA) is 42.0 Å². The molecule has 0 amide bonds. The summed E-state index contributed by atoms with van der Waals surface area (Å²) >= 11 is 1.53. The van der Waals surface area contributed by atoms with Crippen LogP contribution in [0.4, 0.5) is 0 Å². The van der Waals surface area contributed by atoms with Crippen molar-refractivity contribution in [1.29, 1.82) is 0 Å². The van der Waals surface area contributed by atoms with Crippen molar-refractivity contribution in [1.82, 2.24) is 9.71 Å². The highest BCUT2D eigenvalue weighted by atomic mass is 32.2. The van der Waals surface area contributed by atoms with Crippen LogP contribution >= 0.6 is 11.3 Å². The Hall–Kier alpha value is -0.780. The Kier molecular flexibility index (Phi) is 3.96. The molecule has 0 bridgehead atoms. The van der Waals surface area contributed by atoms with Crippen LogP contribution in [0.25, 0.3) is 10.2 Å². The van der Waals surface area contributed by atoms with E-state index in [2.05, 4.69) is 27.9 Å². The Morgan fingerprint density at radius 1 is 1.32 bits per heavy atom. The molecule has 1 heterocycles. The third-order valence-electron chi connectivity index (χ3n) is 3.82. The lowest BCUT2D eigenvalue weighted by Gasteiger charge is -2.22. The molecule has 2 aromatic rings. The molecule has 0 spiro atoms. The van der Waals surface area contributed by atoms with Crippen molar-refractivity contribution in [2.75, 3.05) is 7.05 Å². The molecule has 1 aromatic heterocycles. The number of aromatic nitrogens is 1. The highest BCUT2D eigenvalue weighted by Crippen LogP contribution is 2.37. The number of hydrogen-bond donors (Lipinski definition) is 1. The lowest BCUT2D eigenvalue weighted by molar-refractivity contribution is 0.445. The largest absolute Gasteiger partial charge is 0.235 e. The predicted octanol–water partition coefficient (Wildman–Crippen LogP) is 3.59. The number of hydrogen-bond acceptors (Lipinski definition) is 3. The van der Waals surface area contributed by atoms with Gasteiger partial charge in [0, 0.05) is 0 Å². The first-order valence-corrected chi connectivity index (χ1v) is 8.75. The minimum atomic E-state index is -1.18. The van der Waals surface area contributed by atoms with Gasteiger partial charge in [-0.05, 0) is 37.4 Å². The van der Waals surface area contributed by atoms with Crippen molar-refractivity contribution in [3.05, 3.63) is 23.8 Å². The van der Waals surface area contributed by atoms with E-state index in [0.29, 0.717) is 10.3 Å². The number of para-hydroxylation sites is 1. The van der Waals surface area contributed by atoms with Gasteiger partial charge in [-0.1, -0.05) is 31.4 Å². The van der Waals surface area contributed by atoms with Crippen LogP contribution in [0.15, 0.2) is 22.5 Å². The summed E-state index contributed by atoms with van der Waals surface area (Å²) in [4.78, 5) is 4.61. The summed E-state index contributed by atoms with van der Waals surface area (Å²) in [5, 5.41) is 0. The van der Waals surface area contributed by atoms with Crippen LogP contribution in [-0.2, 0) is 11.0 Å². The van der Waals surface area contributed by atoms with Gasteiger partial charge in [0.05, 0.1) is 10.2 Å². The molecule has 5 heteroatoms. The van der Waals surface area contributed by atoms with Gasteiger partial charge in [-0.25, -0.2) is 13.9 Å². The number of thiazole rings is 1. The number of nitrogens with one attached hydrogen (secondary N) is 1. The number of nitrogens with zero attached hydrogens (tertiary/aromatic N) is 1. The molecule has 19 heavy (non-hydrogen) atoms. The number of benzene rings is 1. The lowest BCUT2D eigenvalue weighted by atomic mass is 9.84. The van der Waals surface area contributed by atoms with Crippen LogP contribution in [0, 0.1) is 0 Å². The van der Waals surface area contributed by atoms with Crippen molar-refractivity contribution < 1.29 is 4.21 Å². The fourth-order valence-electron chi connectivity index (χ4n) is 2.86. The van der Waals surface area contributed by atoms with Crippen LogP contribution < -0.4 is 4.72 Å². The van der Waals surface area contributed by atoms with E-state index < -0.39 is 11.0 Å². The van der Waals surface area contributed by atoms with Crippen molar-refractivity contribution in [3.63, 3.8) is 0 Å². The molecule has 3 nitrogen and oxygen atoms in total. The Morgan fingerprint density at radius 2 is 2.11 bits per heavy atom. The summed E-state index contributed by atoms with van der Waals surface area (Å²) in [6.45, 7) is 0. The first-order valence-electron chi connectivity index (χ1n) is 6.78. The molecule has 1 saturated carbocycles. The van der Waals surface area contributed by atoms with Crippen LogP contribution in [0.3, 0.4) is 0 Å². The van der Waals surface area contributed by atoms with Crippen molar-refractivity contribution in [2.45, 2.75) is 42.4 Å². The second-order valence-electron chi connectivity index (χ2n) is 4.98. The van der Waals surface area contributed by atoms with Gasteiger partial charge < -0.3 is 0 Å². The summed E-state index contributed by atoms with van der Waals surface area (Å²) < 4.78 is 16.4. The first-order chi connectivity index (χ1) is 9.29. The second kappa shape index (κ2) is 5.69. The van der Waals surface area contributed by atoms with E-state index in [0.717, 1.165) is 10.2 Å². The minimum Gasteiger partial charge on any atom is -0.235 e. The SMILES string of the molecule is CNS(=O)c1nc2c(C3CCCCC3)cccc2s1. The maximum Gasteiger partial charge on any atom is 0.197 e. The van der Waals surface area contributed by atoms with Gasteiger partial charge in [-0.2, -0.15) is 0 Å². The van der Waals surface area contributed by atoms with E-state index in [1.54, 1.807) is 7.05 Å². The zero-order chi connectivity index (χ0) is 13.2. The van der Waals surface area contributed by atoms with Crippen LogP contribution in [0.1, 0.15) is 43.6 Å². The smallest absolute Gasteiger partial charge is 0.197 e. The zero-order valence-corrected chi connectivity index (χ0v) is 12.6. The summed E-state index contributed by atoms with van der Waals surface area (Å²) in [6, 6.07) is 6.39. The van der Waals surface area contributed by atoms with E-state index in [4.69, 9.17) is 0 Å². The van der Waals surface area contributed by atoms with Gasteiger partial charge >= 0.3 is 0 Å². The molecule has 1 aliphatic rings. The number of fused-ring (bicyclic) bond motifs is 1. The van der Waals surface area contributed by atoms with Crippen LogP contribution in [0.5, 0.6) is 0 Å². The Morgan fingerprint density at radius 3 is 2.84 bits per heavy atom. The van der Waals surface area contributed by atoms with E-state index in [1.165, 1.54) is 49.0 Å². The fraction of sp³-hybridized carbons (Fsp3) is 0.500. The van der Waals surface area contributed by atoms with Crippen LogP contribution in [-0.4, -0.2) is 16.2 Å². The Labute approximate surface area is 120 Å². The third-order valence-corrected chi connectivity index (χ3v) is 6.12. The molecule has 0 saturated heterocycles. The minimum absolute atomic E-state index is 0.635. The fourth-order valence-corrected chi connectivity index (χ4v) is 4.76. The van der Waals surface area contributed by atoms with E-state index in [1.807, 2.05) is 0 Å². The second-order valence-corrected chi connectivity index (χ2v) is 7.60. The molecule has 1 fully saturated rings. The van der Waals surface area contributed by atoms with Gasteiger partial charge in [-0.15, -0.1) is 11.3 Å². The lowest BCUT2D eigenvalue weighted by Crippen LogP contribution is -2.10. The van der Waals surface area contributed by atoms with Gasteiger partial charge in [0.25, 0.3) is 0 Å². The first kappa shape index (κ1) is 13.2. The molecule has 1 unspecified atom stereocenters. The Balaban J connectivity index is 2.04. The number of rotatable bonds is 3. The molecule has 1 aliphatic carbocycles. The monoisotopic (exact) mass is 294 g/mol. The van der Waals surface area contributed by atoms with Gasteiger partial charge in [0.1, 0.15) is 0 Å². The van der Waals surface area contributed by atoms with Crippen molar-refractivity contribution >= 4 is 32.5 Å². The molecule has 1 aromatic carbocycles.